The molecule has 162 valence electrons. The summed E-state index contributed by atoms with van der Waals surface area (Å²) in [5.74, 6) is -1.36. The number of nitrogens with one attached hydrogen (secondary N) is 2. The van der Waals surface area contributed by atoms with Crippen LogP contribution < -0.4 is 15.1 Å². The van der Waals surface area contributed by atoms with Crippen molar-refractivity contribution in [1.29, 1.82) is 0 Å². The molecular weight excluding hydrogens is 402 g/mol. The zero-order valence-electron chi connectivity index (χ0n) is 17.1. The Balaban J connectivity index is 1.66. The average molecular weight is 425 g/mol. The lowest BCUT2D eigenvalue weighted by Gasteiger charge is -2.36. The molecule has 31 heavy (non-hydrogen) atoms. The molecule has 9 nitrogen and oxygen atoms in total. The number of hydrogen-bond donors (Lipinski definition) is 3. The number of quaternary nitrogens is 1. The fourth-order valence-corrected chi connectivity index (χ4v) is 3.25. The molecule has 3 rings (SSSR count). The van der Waals surface area contributed by atoms with Crippen LogP contribution in [0.1, 0.15) is 21.5 Å². The molecule has 0 fully saturated rings. The van der Waals surface area contributed by atoms with Gasteiger partial charge in [-0.3, -0.25) is 9.59 Å². The fraction of sp³-hybridized carbons (Fsp3) is 0.227. The van der Waals surface area contributed by atoms with Gasteiger partial charge in [-0.2, -0.15) is 0 Å². The van der Waals surface area contributed by atoms with Crippen molar-refractivity contribution in [3.63, 3.8) is 0 Å². The molecule has 2 unspecified atom stereocenters. The fourth-order valence-electron chi connectivity index (χ4n) is 3.25. The molecule has 3 N–H and O–H groups in total. The number of likely N-dealkylation sites (N-methyl/N-ethyl adjacent to an activating group) is 1. The number of carboxylic acid groups (broad SMARTS) is 1. The first-order valence-electron chi connectivity index (χ1n) is 9.56. The number of rotatable bonds is 7. The molecule has 0 bridgehead atoms. The van der Waals surface area contributed by atoms with Crippen molar-refractivity contribution in [3.05, 3.63) is 82.3 Å². The van der Waals surface area contributed by atoms with E-state index in [-0.39, 0.29) is 24.2 Å². The number of ether oxygens (including phenoxy) is 1. The number of carbonyl (C=O) groups is 3. The number of nitrogens with zero attached hydrogens (tertiary/aromatic N) is 1. The van der Waals surface area contributed by atoms with Gasteiger partial charge in [-0.1, -0.05) is 24.3 Å². The Morgan fingerprint density at radius 1 is 1.13 bits per heavy atom. The maximum atomic E-state index is 12.8. The smallest absolute Gasteiger partial charge is 0.335 e. The van der Waals surface area contributed by atoms with Crippen LogP contribution in [0.15, 0.2) is 60.4 Å². The molecule has 2 aromatic rings. The summed E-state index contributed by atoms with van der Waals surface area (Å²) < 4.78 is 5.09. The lowest BCUT2D eigenvalue weighted by atomic mass is 10.0. The minimum absolute atomic E-state index is 0.0130. The zero-order chi connectivity index (χ0) is 22.5. The number of benzene rings is 2. The van der Waals surface area contributed by atoms with Crippen LogP contribution in [0.4, 0.5) is 0 Å². The van der Waals surface area contributed by atoms with Crippen molar-refractivity contribution in [2.24, 2.45) is 0 Å². The predicted molar refractivity (Wildman–Crippen MR) is 111 cm³/mol. The van der Waals surface area contributed by atoms with Gasteiger partial charge in [-0.25, -0.2) is 4.79 Å². The molecule has 2 amide bonds. The van der Waals surface area contributed by atoms with Gasteiger partial charge < -0.3 is 30.3 Å². The summed E-state index contributed by atoms with van der Waals surface area (Å²) in [6.45, 7) is 0.232. The molecule has 0 aliphatic carbocycles. The van der Waals surface area contributed by atoms with Crippen LogP contribution in [0.2, 0.25) is 0 Å². The molecule has 0 aromatic heterocycles. The van der Waals surface area contributed by atoms with Gasteiger partial charge in [0.1, 0.15) is 11.9 Å². The van der Waals surface area contributed by atoms with Crippen LogP contribution >= 0.6 is 0 Å². The van der Waals surface area contributed by atoms with Crippen molar-refractivity contribution in [1.82, 2.24) is 10.2 Å². The Kier molecular flexibility index (Phi) is 6.68. The van der Waals surface area contributed by atoms with E-state index in [1.54, 1.807) is 43.5 Å². The first kappa shape index (κ1) is 22.0. The average Bonchev–Trinajstić information content (AvgIpc) is 2.78. The molecule has 2 atom stereocenters. The zero-order valence-corrected chi connectivity index (χ0v) is 17.1. The van der Waals surface area contributed by atoms with Gasteiger partial charge in [-0.05, 0) is 35.4 Å². The molecule has 1 aliphatic rings. The standard InChI is InChI=1S/C22H23N3O6/c1-24-19(20(26)23-12-15-5-9-17(31-2)10-6-15)13-25(30)18(21(24)27)11-14-3-7-16(8-4-14)22(28)29/h3-10,13,18,25H,11-12H2,1-2H3,(H,23,26)(H,28,29). The highest BCUT2D eigenvalue weighted by atomic mass is 16.5. The molecule has 1 heterocycles. The van der Waals surface area contributed by atoms with Gasteiger partial charge in [0, 0.05) is 20.0 Å². The van der Waals surface area contributed by atoms with Crippen LogP contribution in [0.5, 0.6) is 5.75 Å². The molecule has 0 saturated carbocycles. The second-order valence-corrected chi connectivity index (χ2v) is 7.12. The minimum atomic E-state index is -1.05. The third-order valence-corrected chi connectivity index (χ3v) is 5.10. The summed E-state index contributed by atoms with van der Waals surface area (Å²) in [5.41, 5.74) is 1.61. The monoisotopic (exact) mass is 425 g/mol. The van der Waals surface area contributed by atoms with E-state index in [1.807, 2.05) is 0 Å². The lowest BCUT2D eigenvalue weighted by molar-refractivity contribution is -0.813. The number of hydroxylamine groups is 2. The number of hydrogen-bond acceptors (Lipinski definition) is 5. The predicted octanol–water partition coefficient (Wildman–Crippen LogP) is 0.317. The normalized spacial score (nSPS) is 18.4. The van der Waals surface area contributed by atoms with Gasteiger partial charge >= 0.3 is 5.97 Å². The third-order valence-electron chi connectivity index (χ3n) is 5.10. The first-order chi connectivity index (χ1) is 14.8. The largest absolute Gasteiger partial charge is 0.629 e. The van der Waals surface area contributed by atoms with E-state index >= 15 is 0 Å². The lowest BCUT2D eigenvalue weighted by Crippen LogP contribution is -3.10. The Morgan fingerprint density at radius 2 is 1.74 bits per heavy atom. The van der Waals surface area contributed by atoms with E-state index in [0.717, 1.165) is 5.56 Å². The Hall–Kier alpha value is -3.69. The van der Waals surface area contributed by atoms with Gasteiger partial charge in [0.05, 0.1) is 12.7 Å². The van der Waals surface area contributed by atoms with Crippen molar-refractivity contribution in [2.45, 2.75) is 19.0 Å². The number of carbonyl (C=O) groups excluding carboxylic acids is 2. The molecule has 1 aliphatic heterocycles. The van der Waals surface area contributed by atoms with Gasteiger partial charge in [0.15, 0.2) is 11.7 Å². The summed E-state index contributed by atoms with van der Waals surface area (Å²) in [5, 5.41) is 23.8. The maximum absolute atomic E-state index is 12.8. The molecule has 2 aromatic carbocycles. The van der Waals surface area contributed by atoms with E-state index in [4.69, 9.17) is 9.84 Å². The maximum Gasteiger partial charge on any atom is 0.335 e. The number of aromatic carboxylic acids is 1. The second kappa shape index (κ2) is 9.41. The van der Waals surface area contributed by atoms with Crippen LogP contribution in [-0.2, 0) is 22.6 Å². The number of carboxylic acids is 1. The second-order valence-electron chi connectivity index (χ2n) is 7.12. The SMILES string of the molecule is COc1ccc(CNC(=O)C2=C[NH+]([O-])C(Cc3ccc(C(=O)O)cc3)C(=O)N2C)cc1. The van der Waals surface area contributed by atoms with Crippen LogP contribution in [0.25, 0.3) is 0 Å². The van der Waals surface area contributed by atoms with E-state index in [1.165, 1.54) is 30.3 Å². The van der Waals surface area contributed by atoms with Crippen molar-refractivity contribution in [3.8, 4) is 5.75 Å². The molecule has 0 saturated heterocycles. The highest BCUT2D eigenvalue weighted by Crippen LogP contribution is 2.14. The van der Waals surface area contributed by atoms with Crippen LogP contribution in [-0.4, -0.2) is 48.0 Å². The van der Waals surface area contributed by atoms with Crippen LogP contribution in [0, 0.1) is 5.21 Å². The molecule has 9 heteroatoms. The summed E-state index contributed by atoms with van der Waals surface area (Å²) >= 11 is 0. The minimum Gasteiger partial charge on any atom is -0.629 e. The van der Waals surface area contributed by atoms with Gasteiger partial charge in [0.25, 0.3) is 11.8 Å². The van der Waals surface area contributed by atoms with Gasteiger partial charge in [0.2, 0.25) is 0 Å². The van der Waals surface area contributed by atoms with Crippen molar-refractivity contribution < 1.29 is 29.3 Å². The Morgan fingerprint density at radius 3 is 2.32 bits per heavy atom. The summed E-state index contributed by atoms with van der Waals surface area (Å²) in [4.78, 5) is 37.4. The summed E-state index contributed by atoms with van der Waals surface area (Å²) in [7, 11) is 3.02. The molecular formula is C22H23N3O6. The van der Waals surface area contributed by atoms with Crippen molar-refractivity contribution in [2.75, 3.05) is 14.2 Å². The highest BCUT2D eigenvalue weighted by Gasteiger charge is 2.36. The Bertz CT molecular complexity index is 1000. The van der Waals surface area contributed by atoms with Gasteiger partial charge in [-0.15, -0.1) is 0 Å². The quantitative estimate of drug-likeness (QED) is 0.549. The molecule has 0 spiro atoms. The number of methoxy groups -OCH3 is 1. The van der Waals surface area contributed by atoms with E-state index < -0.39 is 28.9 Å². The summed E-state index contributed by atoms with van der Waals surface area (Å²) in [6.07, 6.45) is 1.31. The van der Waals surface area contributed by atoms with Crippen LogP contribution in [0.3, 0.4) is 0 Å². The van der Waals surface area contributed by atoms with E-state index in [2.05, 4.69) is 5.32 Å². The molecule has 0 radical (unpaired) electrons. The van der Waals surface area contributed by atoms with E-state index in [9.17, 15) is 19.6 Å². The highest BCUT2D eigenvalue weighted by molar-refractivity contribution is 5.98. The topological polar surface area (TPSA) is 123 Å². The third kappa shape index (κ3) is 5.08. The first-order valence-corrected chi connectivity index (χ1v) is 9.56. The summed E-state index contributed by atoms with van der Waals surface area (Å²) in [6, 6.07) is 12.2. The van der Waals surface area contributed by atoms with E-state index in [0.29, 0.717) is 11.3 Å². The van der Waals surface area contributed by atoms with Crippen molar-refractivity contribution >= 4 is 17.8 Å². The Labute approximate surface area is 179 Å². The number of amides is 2.